The van der Waals surface area contributed by atoms with E-state index in [4.69, 9.17) is 0 Å². The minimum absolute atomic E-state index is 0.127. The van der Waals surface area contributed by atoms with Gasteiger partial charge in [-0.05, 0) is 49.5 Å². The largest absolute Gasteiger partial charge is 0.322 e. The fourth-order valence-corrected chi connectivity index (χ4v) is 2.93. The summed E-state index contributed by atoms with van der Waals surface area (Å²) < 4.78 is 14.4. The van der Waals surface area contributed by atoms with Crippen LogP contribution < -0.4 is 16.0 Å². The molecule has 1 aromatic rings. The van der Waals surface area contributed by atoms with E-state index in [-0.39, 0.29) is 17.8 Å². The van der Waals surface area contributed by atoms with Crippen molar-refractivity contribution in [2.24, 2.45) is 0 Å². The highest BCUT2D eigenvalue weighted by Crippen LogP contribution is 2.25. The third-order valence-electron chi connectivity index (χ3n) is 4.09. The second-order valence-electron chi connectivity index (χ2n) is 5.48. The van der Waals surface area contributed by atoms with E-state index >= 15 is 0 Å². The minimum atomic E-state index is -0.270. The summed E-state index contributed by atoms with van der Waals surface area (Å²) in [5.41, 5.74) is 2.03. The molecule has 5 heteroatoms. The zero-order chi connectivity index (χ0) is 13.9. The van der Waals surface area contributed by atoms with Gasteiger partial charge in [0.1, 0.15) is 5.82 Å². The van der Waals surface area contributed by atoms with Crippen molar-refractivity contribution in [3.63, 3.8) is 0 Å². The molecule has 1 saturated heterocycles. The summed E-state index contributed by atoms with van der Waals surface area (Å²) in [6.07, 6.45) is 3.64. The van der Waals surface area contributed by atoms with E-state index in [0.717, 1.165) is 43.5 Å². The number of piperidine rings is 1. The Balaban J connectivity index is 1.75. The molecule has 1 aromatic carbocycles. The summed E-state index contributed by atoms with van der Waals surface area (Å²) >= 11 is 0. The molecule has 4 nitrogen and oxygen atoms in total. The Hall–Kier alpha value is -1.46. The first-order valence-electron chi connectivity index (χ1n) is 7.31. The molecule has 0 aromatic heterocycles. The number of hydrogen-bond acceptors (Lipinski definition) is 3. The summed E-state index contributed by atoms with van der Waals surface area (Å²) in [6, 6.07) is 3.37. The fourth-order valence-electron chi connectivity index (χ4n) is 2.93. The maximum absolute atomic E-state index is 14.4. The van der Waals surface area contributed by atoms with Gasteiger partial charge in [-0.25, -0.2) is 4.39 Å². The summed E-state index contributed by atoms with van der Waals surface area (Å²) in [5.74, 6) is -0.398. The van der Waals surface area contributed by atoms with Gasteiger partial charge in [0.2, 0.25) is 5.91 Å². The number of carbonyl (C=O) groups excluding carboxylic acids is 1. The van der Waals surface area contributed by atoms with E-state index in [1.807, 2.05) is 6.07 Å². The number of benzene rings is 1. The predicted octanol–water partition coefficient (Wildman–Crippen LogP) is 1.55. The van der Waals surface area contributed by atoms with E-state index in [1.165, 1.54) is 0 Å². The van der Waals surface area contributed by atoms with E-state index in [2.05, 4.69) is 16.0 Å². The van der Waals surface area contributed by atoms with Crippen LogP contribution >= 0.6 is 0 Å². The molecule has 108 valence electrons. The summed E-state index contributed by atoms with van der Waals surface area (Å²) in [4.78, 5) is 12.1. The van der Waals surface area contributed by atoms with E-state index in [0.29, 0.717) is 18.7 Å². The van der Waals surface area contributed by atoms with Crippen LogP contribution in [0.3, 0.4) is 0 Å². The zero-order valence-electron chi connectivity index (χ0n) is 11.5. The van der Waals surface area contributed by atoms with Crippen molar-refractivity contribution in [1.82, 2.24) is 10.6 Å². The van der Waals surface area contributed by atoms with Crippen LogP contribution in [0.15, 0.2) is 12.1 Å². The van der Waals surface area contributed by atoms with Crippen molar-refractivity contribution in [2.45, 2.75) is 38.3 Å². The maximum Gasteiger partial charge on any atom is 0.241 e. The first-order chi connectivity index (χ1) is 9.75. The second-order valence-corrected chi connectivity index (χ2v) is 5.48. The lowest BCUT2D eigenvalue weighted by atomic mass is 9.99. The molecular weight excluding hydrogens is 257 g/mol. The van der Waals surface area contributed by atoms with Gasteiger partial charge in [0, 0.05) is 6.54 Å². The standard InChI is InChI=1S/C15H20FN3O/c16-14-11-6-8-17-9-10(11)4-5-12(14)19-15(20)13-3-1-2-7-18-13/h4-5,13,17-18H,1-3,6-9H2,(H,19,20)/t13-/m0/s1. The van der Waals surface area contributed by atoms with Gasteiger partial charge in [-0.2, -0.15) is 0 Å². The van der Waals surface area contributed by atoms with Crippen LogP contribution in [0.5, 0.6) is 0 Å². The van der Waals surface area contributed by atoms with Gasteiger partial charge >= 0.3 is 0 Å². The number of nitrogens with one attached hydrogen (secondary N) is 3. The van der Waals surface area contributed by atoms with Gasteiger partial charge in [0.05, 0.1) is 11.7 Å². The van der Waals surface area contributed by atoms with Gasteiger partial charge in [-0.1, -0.05) is 12.5 Å². The number of halogens is 1. The monoisotopic (exact) mass is 277 g/mol. The number of carbonyl (C=O) groups is 1. The van der Waals surface area contributed by atoms with E-state index in [1.54, 1.807) is 6.07 Å². The Morgan fingerprint density at radius 3 is 3.00 bits per heavy atom. The molecule has 2 heterocycles. The number of anilines is 1. The van der Waals surface area contributed by atoms with Gasteiger partial charge in [0.15, 0.2) is 0 Å². The molecule has 1 amide bonds. The summed E-state index contributed by atoms with van der Waals surface area (Å²) in [6.45, 7) is 2.34. The van der Waals surface area contributed by atoms with Crippen molar-refractivity contribution in [3.8, 4) is 0 Å². The third kappa shape index (κ3) is 2.69. The van der Waals surface area contributed by atoms with Crippen molar-refractivity contribution >= 4 is 11.6 Å². The Morgan fingerprint density at radius 1 is 1.30 bits per heavy atom. The Morgan fingerprint density at radius 2 is 2.20 bits per heavy atom. The molecule has 1 atom stereocenters. The van der Waals surface area contributed by atoms with Crippen LogP contribution in [-0.2, 0) is 17.8 Å². The van der Waals surface area contributed by atoms with Gasteiger partial charge < -0.3 is 16.0 Å². The van der Waals surface area contributed by atoms with E-state index in [9.17, 15) is 9.18 Å². The van der Waals surface area contributed by atoms with Crippen molar-refractivity contribution in [2.75, 3.05) is 18.4 Å². The van der Waals surface area contributed by atoms with Crippen LogP contribution in [0.25, 0.3) is 0 Å². The second kappa shape index (κ2) is 5.89. The molecule has 0 radical (unpaired) electrons. The third-order valence-corrected chi connectivity index (χ3v) is 4.09. The first-order valence-corrected chi connectivity index (χ1v) is 7.31. The highest BCUT2D eigenvalue weighted by Gasteiger charge is 2.23. The van der Waals surface area contributed by atoms with Crippen LogP contribution in [0.1, 0.15) is 30.4 Å². The lowest BCUT2D eigenvalue weighted by Crippen LogP contribution is -2.43. The number of fused-ring (bicyclic) bond motifs is 1. The summed E-state index contributed by atoms with van der Waals surface area (Å²) in [7, 11) is 0. The number of hydrogen-bond donors (Lipinski definition) is 3. The smallest absolute Gasteiger partial charge is 0.241 e. The van der Waals surface area contributed by atoms with Crippen LogP contribution in [-0.4, -0.2) is 25.0 Å². The molecule has 20 heavy (non-hydrogen) atoms. The Kier molecular flexibility index (Phi) is 3.98. The molecule has 2 aliphatic rings. The quantitative estimate of drug-likeness (QED) is 0.769. The maximum atomic E-state index is 14.4. The highest BCUT2D eigenvalue weighted by atomic mass is 19.1. The SMILES string of the molecule is O=C(Nc1ccc2c(c1F)CCNC2)[C@@H]1CCCCN1. The van der Waals surface area contributed by atoms with Crippen molar-refractivity contribution in [1.29, 1.82) is 0 Å². The van der Waals surface area contributed by atoms with Crippen molar-refractivity contribution < 1.29 is 9.18 Å². The molecule has 0 spiro atoms. The van der Waals surface area contributed by atoms with Gasteiger partial charge in [0.25, 0.3) is 0 Å². The predicted molar refractivity (Wildman–Crippen MR) is 76.1 cm³/mol. The fraction of sp³-hybridized carbons (Fsp3) is 0.533. The van der Waals surface area contributed by atoms with E-state index < -0.39 is 0 Å². The lowest BCUT2D eigenvalue weighted by Gasteiger charge is -2.24. The average Bonchev–Trinajstić information content (AvgIpc) is 2.51. The minimum Gasteiger partial charge on any atom is -0.322 e. The molecule has 0 aliphatic carbocycles. The van der Waals surface area contributed by atoms with Gasteiger partial charge in [-0.3, -0.25) is 4.79 Å². The molecule has 0 bridgehead atoms. The number of amides is 1. The molecule has 3 N–H and O–H groups in total. The average molecular weight is 277 g/mol. The summed E-state index contributed by atoms with van der Waals surface area (Å²) in [5, 5.41) is 9.13. The van der Waals surface area contributed by atoms with Crippen LogP contribution in [0, 0.1) is 5.82 Å². The zero-order valence-corrected chi connectivity index (χ0v) is 11.5. The first kappa shape index (κ1) is 13.5. The van der Waals surface area contributed by atoms with Crippen molar-refractivity contribution in [3.05, 3.63) is 29.1 Å². The Labute approximate surface area is 118 Å². The highest BCUT2D eigenvalue weighted by molar-refractivity contribution is 5.95. The van der Waals surface area contributed by atoms with Crippen LogP contribution in [0.4, 0.5) is 10.1 Å². The molecule has 0 saturated carbocycles. The Bertz CT molecular complexity index is 512. The van der Waals surface area contributed by atoms with Gasteiger partial charge in [-0.15, -0.1) is 0 Å². The molecule has 3 rings (SSSR count). The normalized spacial score (nSPS) is 22.1. The topological polar surface area (TPSA) is 53.2 Å². The van der Waals surface area contributed by atoms with Crippen LogP contribution in [0.2, 0.25) is 0 Å². The lowest BCUT2D eigenvalue weighted by molar-refractivity contribution is -0.118. The molecule has 0 unspecified atom stereocenters. The molecular formula is C15H20FN3O. The molecule has 2 aliphatic heterocycles. The number of rotatable bonds is 2. The molecule has 1 fully saturated rings.